The summed E-state index contributed by atoms with van der Waals surface area (Å²) in [6.45, 7) is 3.98. The first-order valence-electron chi connectivity index (χ1n) is 6.54. The molecule has 0 unspecified atom stereocenters. The molecule has 0 fully saturated rings. The van der Waals surface area contributed by atoms with Gasteiger partial charge < -0.3 is 4.74 Å². The Kier molecular flexibility index (Phi) is 4.36. The van der Waals surface area contributed by atoms with E-state index in [1.54, 1.807) is 13.2 Å². The average molecular weight is 266 g/mol. The van der Waals surface area contributed by atoms with Crippen molar-refractivity contribution in [2.24, 2.45) is 0 Å². The SMILES string of the molecule is COc1ccc(C)cc1C(=O)/C=C/c1ccccc1C. The van der Waals surface area contributed by atoms with E-state index in [0.717, 1.165) is 16.7 Å². The molecule has 2 rings (SSSR count). The Hall–Kier alpha value is -2.35. The zero-order valence-electron chi connectivity index (χ0n) is 12.0. The Balaban J connectivity index is 2.29. The first-order valence-corrected chi connectivity index (χ1v) is 6.54. The molecule has 0 spiro atoms. The summed E-state index contributed by atoms with van der Waals surface area (Å²) in [6, 6.07) is 13.6. The highest BCUT2D eigenvalue weighted by atomic mass is 16.5. The van der Waals surface area contributed by atoms with Gasteiger partial charge in [0.25, 0.3) is 0 Å². The molecule has 0 atom stereocenters. The van der Waals surface area contributed by atoms with E-state index < -0.39 is 0 Å². The monoisotopic (exact) mass is 266 g/mol. The van der Waals surface area contributed by atoms with Crippen LogP contribution in [0, 0.1) is 13.8 Å². The molecule has 0 aromatic heterocycles. The Morgan fingerprint density at radius 1 is 1.10 bits per heavy atom. The standard InChI is InChI=1S/C18H18O2/c1-13-8-11-18(20-3)16(12-13)17(19)10-9-15-7-5-4-6-14(15)2/h4-12H,1-3H3/b10-9+. The third-order valence-corrected chi connectivity index (χ3v) is 3.22. The van der Waals surface area contributed by atoms with E-state index in [2.05, 4.69) is 0 Å². The summed E-state index contributed by atoms with van der Waals surface area (Å²) in [5.41, 5.74) is 3.83. The van der Waals surface area contributed by atoms with Crippen LogP contribution in [0.3, 0.4) is 0 Å². The zero-order valence-corrected chi connectivity index (χ0v) is 12.0. The lowest BCUT2D eigenvalue weighted by molar-refractivity contribution is 0.104. The zero-order chi connectivity index (χ0) is 14.5. The van der Waals surface area contributed by atoms with Crippen molar-refractivity contribution < 1.29 is 9.53 Å². The van der Waals surface area contributed by atoms with E-state index in [0.29, 0.717) is 11.3 Å². The summed E-state index contributed by atoms with van der Waals surface area (Å²) >= 11 is 0. The number of allylic oxidation sites excluding steroid dienone is 1. The van der Waals surface area contributed by atoms with Crippen LogP contribution < -0.4 is 4.74 Å². The van der Waals surface area contributed by atoms with Crippen molar-refractivity contribution in [2.75, 3.05) is 7.11 Å². The van der Waals surface area contributed by atoms with Gasteiger partial charge in [-0.25, -0.2) is 0 Å². The number of carbonyl (C=O) groups excluding carboxylic acids is 1. The van der Waals surface area contributed by atoms with E-state index in [-0.39, 0.29) is 5.78 Å². The normalized spacial score (nSPS) is 10.8. The van der Waals surface area contributed by atoms with Crippen molar-refractivity contribution in [2.45, 2.75) is 13.8 Å². The van der Waals surface area contributed by atoms with Crippen molar-refractivity contribution in [3.05, 3.63) is 70.8 Å². The Labute approximate surface area is 119 Å². The van der Waals surface area contributed by atoms with Crippen LogP contribution in [0.2, 0.25) is 0 Å². The largest absolute Gasteiger partial charge is 0.496 e. The van der Waals surface area contributed by atoms with Crippen LogP contribution in [-0.4, -0.2) is 12.9 Å². The van der Waals surface area contributed by atoms with Crippen LogP contribution in [-0.2, 0) is 0 Å². The Morgan fingerprint density at radius 3 is 2.55 bits per heavy atom. The number of ether oxygens (including phenoxy) is 1. The van der Waals surface area contributed by atoms with Gasteiger partial charge in [0, 0.05) is 0 Å². The molecule has 2 aromatic carbocycles. The highest BCUT2D eigenvalue weighted by Crippen LogP contribution is 2.21. The lowest BCUT2D eigenvalue weighted by Gasteiger charge is -2.06. The number of aryl methyl sites for hydroxylation is 2. The maximum Gasteiger partial charge on any atom is 0.189 e. The highest BCUT2D eigenvalue weighted by molar-refractivity contribution is 6.08. The molecule has 0 aliphatic carbocycles. The van der Waals surface area contributed by atoms with Gasteiger partial charge in [0.2, 0.25) is 0 Å². The minimum absolute atomic E-state index is 0.0474. The van der Waals surface area contributed by atoms with Crippen molar-refractivity contribution in [3.8, 4) is 5.75 Å². The van der Waals surface area contributed by atoms with E-state index in [4.69, 9.17) is 4.74 Å². The maximum atomic E-state index is 12.3. The number of methoxy groups -OCH3 is 1. The van der Waals surface area contributed by atoms with Gasteiger partial charge in [-0.15, -0.1) is 0 Å². The fourth-order valence-corrected chi connectivity index (χ4v) is 2.04. The minimum atomic E-state index is -0.0474. The van der Waals surface area contributed by atoms with Crippen LogP contribution in [0.25, 0.3) is 6.08 Å². The lowest BCUT2D eigenvalue weighted by atomic mass is 10.0. The van der Waals surface area contributed by atoms with E-state index in [1.165, 1.54) is 0 Å². The van der Waals surface area contributed by atoms with Gasteiger partial charge in [-0.3, -0.25) is 4.79 Å². The topological polar surface area (TPSA) is 26.3 Å². The second-order valence-corrected chi connectivity index (χ2v) is 4.76. The van der Waals surface area contributed by atoms with Crippen molar-refractivity contribution in [3.63, 3.8) is 0 Å². The first kappa shape index (κ1) is 14.1. The van der Waals surface area contributed by atoms with Crippen LogP contribution in [0.5, 0.6) is 5.75 Å². The first-order chi connectivity index (χ1) is 9.61. The van der Waals surface area contributed by atoms with Gasteiger partial charge in [-0.1, -0.05) is 42.0 Å². The van der Waals surface area contributed by atoms with E-state index in [1.807, 2.05) is 62.4 Å². The summed E-state index contributed by atoms with van der Waals surface area (Å²) in [4.78, 5) is 12.3. The predicted molar refractivity (Wildman–Crippen MR) is 82.3 cm³/mol. The molecule has 2 nitrogen and oxygen atoms in total. The Morgan fingerprint density at radius 2 is 1.85 bits per heavy atom. The van der Waals surface area contributed by atoms with Crippen LogP contribution in [0.1, 0.15) is 27.0 Å². The third-order valence-electron chi connectivity index (χ3n) is 3.22. The van der Waals surface area contributed by atoms with Gasteiger partial charge >= 0.3 is 0 Å². The molecule has 0 heterocycles. The number of carbonyl (C=O) groups is 1. The second kappa shape index (κ2) is 6.20. The molecular formula is C18H18O2. The predicted octanol–water partition coefficient (Wildman–Crippen LogP) is 4.21. The van der Waals surface area contributed by atoms with Crippen LogP contribution >= 0.6 is 0 Å². The minimum Gasteiger partial charge on any atom is -0.496 e. The molecule has 0 aliphatic heterocycles. The molecule has 0 N–H and O–H groups in total. The van der Waals surface area contributed by atoms with Gasteiger partial charge in [-0.2, -0.15) is 0 Å². The fraction of sp³-hybridized carbons (Fsp3) is 0.167. The van der Waals surface area contributed by atoms with Gasteiger partial charge in [0.15, 0.2) is 5.78 Å². The summed E-state index contributed by atoms with van der Waals surface area (Å²) in [5, 5.41) is 0. The number of hydrogen-bond acceptors (Lipinski definition) is 2. The van der Waals surface area contributed by atoms with Crippen molar-refractivity contribution in [1.82, 2.24) is 0 Å². The quantitative estimate of drug-likeness (QED) is 0.612. The highest BCUT2D eigenvalue weighted by Gasteiger charge is 2.09. The van der Waals surface area contributed by atoms with Crippen molar-refractivity contribution >= 4 is 11.9 Å². The molecule has 0 saturated heterocycles. The lowest BCUT2D eigenvalue weighted by Crippen LogP contribution is -1.99. The summed E-state index contributed by atoms with van der Waals surface area (Å²) in [5.74, 6) is 0.559. The summed E-state index contributed by atoms with van der Waals surface area (Å²) < 4.78 is 5.24. The number of rotatable bonds is 4. The number of hydrogen-bond donors (Lipinski definition) is 0. The molecule has 0 amide bonds. The third kappa shape index (κ3) is 3.15. The average Bonchev–Trinajstić information content (AvgIpc) is 2.46. The molecular weight excluding hydrogens is 248 g/mol. The van der Waals surface area contributed by atoms with Gasteiger partial charge in [0.1, 0.15) is 5.75 Å². The molecule has 2 aromatic rings. The molecule has 20 heavy (non-hydrogen) atoms. The molecule has 0 aliphatic rings. The number of ketones is 1. The van der Waals surface area contributed by atoms with Crippen molar-refractivity contribution in [1.29, 1.82) is 0 Å². The van der Waals surface area contributed by atoms with Gasteiger partial charge in [-0.05, 0) is 43.2 Å². The molecule has 102 valence electrons. The molecule has 0 saturated carbocycles. The maximum absolute atomic E-state index is 12.3. The summed E-state index contributed by atoms with van der Waals surface area (Å²) in [7, 11) is 1.58. The molecule has 0 radical (unpaired) electrons. The summed E-state index contributed by atoms with van der Waals surface area (Å²) in [6.07, 6.45) is 3.44. The van der Waals surface area contributed by atoms with E-state index in [9.17, 15) is 4.79 Å². The number of benzene rings is 2. The van der Waals surface area contributed by atoms with Crippen LogP contribution in [0.15, 0.2) is 48.5 Å². The molecule has 0 bridgehead atoms. The van der Waals surface area contributed by atoms with E-state index >= 15 is 0 Å². The van der Waals surface area contributed by atoms with Crippen LogP contribution in [0.4, 0.5) is 0 Å². The Bertz CT molecular complexity index is 654. The van der Waals surface area contributed by atoms with Gasteiger partial charge in [0.05, 0.1) is 12.7 Å². The molecule has 2 heteroatoms. The smallest absolute Gasteiger partial charge is 0.189 e. The fourth-order valence-electron chi connectivity index (χ4n) is 2.04. The second-order valence-electron chi connectivity index (χ2n) is 4.76.